The average Bonchev–Trinajstić information content (AvgIpc) is 3.11. The monoisotopic (exact) mass is 504 g/mol. The lowest BCUT2D eigenvalue weighted by Crippen LogP contribution is -2.41. The van der Waals surface area contributed by atoms with Gasteiger partial charge in [-0.05, 0) is 43.2 Å². The van der Waals surface area contributed by atoms with Crippen molar-refractivity contribution in [3.05, 3.63) is 58.4 Å². The Labute approximate surface area is 190 Å². The van der Waals surface area contributed by atoms with Gasteiger partial charge in [-0.3, -0.25) is 5.10 Å². The van der Waals surface area contributed by atoms with E-state index in [4.69, 9.17) is 0 Å². The first-order chi connectivity index (χ1) is 13.1. The molecule has 4 rings (SSSR count). The van der Waals surface area contributed by atoms with E-state index in [2.05, 4.69) is 48.5 Å². The Morgan fingerprint density at radius 2 is 1.97 bits per heavy atom. The summed E-state index contributed by atoms with van der Waals surface area (Å²) in [4.78, 5) is 2.20. The number of halogens is 4. The summed E-state index contributed by atoms with van der Waals surface area (Å²) in [6, 6.07) is 11.4. The van der Waals surface area contributed by atoms with Gasteiger partial charge in [-0.2, -0.15) is 5.10 Å². The van der Waals surface area contributed by atoms with Crippen LogP contribution in [-0.2, 0) is 0 Å². The van der Waals surface area contributed by atoms with E-state index in [0.29, 0.717) is 22.6 Å². The van der Waals surface area contributed by atoms with Crippen LogP contribution in [0, 0.1) is 5.82 Å². The van der Waals surface area contributed by atoms with Crippen molar-refractivity contribution in [2.75, 3.05) is 25.0 Å². The Morgan fingerprint density at radius 1 is 1.21 bits per heavy atom. The topological polar surface area (TPSA) is 64.2 Å². The zero-order valence-corrected chi connectivity index (χ0v) is 18.9. The Hall–Kier alpha value is -1.38. The molecule has 1 unspecified atom stereocenters. The zero-order chi connectivity index (χ0) is 18.8. The minimum absolute atomic E-state index is 0. The molecule has 1 fully saturated rings. The zero-order valence-electron chi connectivity index (χ0n) is 15.6. The van der Waals surface area contributed by atoms with Crippen LogP contribution in [0.4, 0.5) is 10.1 Å². The van der Waals surface area contributed by atoms with Crippen molar-refractivity contribution in [2.45, 2.75) is 25.0 Å². The van der Waals surface area contributed by atoms with Crippen LogP contribution in [0.25, 0.3) is 10.9 Å². The minimum Gasteiger partial charge on any atom is -0.387 e. The highest BCUT2D eigenvalue weighted by Gasteiger charge is 2.23. The fourth-order valence-electron chi connectivity index (χ4n) is 3.64. The lowest BCUT2D eigenvalue weighted by molar-refractivity contribution is 0.0965. The molecule has 0 aliphatic carbocycles. The van der Waals surface area contributed by atoms with Crippen molar-refractivity contribution in [3.63, 3.8) is 0 Å². The number of aliphatic hydroxyl groups is 1. The number of nitrogens with one attached hydrogen (secondary N) is 2. The Kier molecular flexibility index (Phi) is 8.73. The fourth-order valence-corrected chi connectivity index (χ4v) is 3.98. The van der Waals surface area contributed by atoms with Gasteiger partial charge in [-0.15, -0.1) is 24.8 Å². The van der Waals surface area contributed by atoms with E-state index in [1.807, 2.05) is 12.3 Å². The number of β-amino-alcohol motifs (C(OH)–C–C–N with tert-alkyl or cyclic N) is 1. The summed E-state index contributed by atoms with van der Waals surface area (Å²) in [5, 5.41) is 22.1. The second kappa shape index (κ2) is 10.6. The quantitative estimate of drug-likeness (QED) is 0.460. The molecule has 0 spiro atoms. The van der Waals surface area contributed by atoms with Crippen LogP contribution in [0.15, 0.2) is 47.1 Å². The molecule has 0 amide bonds. The van der Waals surface area contributed by atoms with E-state index in [-0.39, 0.29) is 30.6 Å². The van der Waals surface area contributed by atoms with Gasteiger partial charge in [-0.1, -0.05) is 22.0 Å². The highest BCUT2D eigenvalue weighted by Crippen LogP contribution is 2.24. The normalized spacial score (nSPS) is 16.1. The molecule has 3 aromatic rings. The summed E-state index contributed by atoms with van der Waals surface area (Å²) >= 11 is 3.24. The third kappa shape index (κ3) is 5.83. The third-order valence-electron chi connectivity index (χ3n) is 5.15. The first-order valence-electron chi connectivity index (χ1n) is 9.13. The number of piperidine rings is 1. The number of rotatable bonds is 5. The number of aromatic nitrogens is 2. The van der Waals surface area contributed by atoms with E-state index in [1.54, 1.807) is 12.1 Å². The predicted octanol–water partition coefficient (Wildman–Crippen LogP) is 4.92. The van der Waals surface area contributed by atoms with Gasteiger partial charge < -0.3 is 15.3 Å². The van der Waals surface area contributed by atoms with Crippen LogP contribution in [0.5, 0.6) is 0 Å². The number of nitrogens with zero attached hydrogens (tertiary/aromatic N) is 2. The summed E-state index contributed by atoms with van der Waals surface area (Å²) in [6.45, 7) is 2.20. The van der Waals surface area contributed by atoms with Crippen LogP contribution in [0.2, 0.25) is 0 Å². The molecule has 0 bridgehead atoms. The minimum atomic E-state index is -0.814. The Bertz CT molecular complexity index is 934. The van der Waals surface area contributed by atoms with E-state index in [1.165, 1.54) is 6.07 Å². The standard InChI is InChI=1S/C20H22BrFN4O.2ClH/c21-14-1-3-17(18(22)10-14)20(27)12-26-7-5-15(6-8-26)24-16-2-4-19-13(9-16)11-23-25-19;;/h1-4,9-11,15,20,24,27H,5-8,12H2,(H,23,25);2*1H. The molecule has 3 N–H and O–H groups in total. The first-order valence-corrected chi connectivity index (χ1v) is 9.93. The summed E-state index contributed by atoms with van der Waals surface area (Å²) < 4.78 is 14.7. The molecule has 1 atom stereocenters. The van der Waals surface area contributed by atoms with Crippen molar-refractivity contribution >= 4 is 57.3 Å². The van der Waals surface area contributed by atoms with Crippen LogP contribution >= 0.6 is 40.7 Å². The number of aromatic amines is 1. The largest absolute Gasteiger partial charge is 0.387 e. The summed E-state index contributed by atoms with van der Waals surface area (Å²) in [7, 11) is 0. The number of fused-ring (bicyclic) bond motifs is 1. The van der Waals surface area contributed by atoms with Gasteiger partial charge >= 0.3 is 0 Å². The molecule has 9 heteroatoms. The predicted molar refractivity (Wildman–Crippen MR) is 123 cm³/mol. The maximum absolute atomic E-state index is 14.0. The number of hydrogen-bond acceptors (Lipinski definition) is 4. The molecule has 1 aromatic heterocycles. The lowest BCUT2D eigenvalue weighted by atomic mass is 10.0. The summed E-state index contributed by atoms with van der Waals surface area (Å²) in [6.07, 6.45) is 2.98. The Morgan fingerprint density at radius 3 is 2.69 bits per heavy atom. The number of aliphatic hydroxyl groups excluding tert-OH is 1. The summed E-state index contributed by atoms with van der Waals surface area (Å²) in [5.41, 5.74) is 2.48. The second-order valence-electron chi connectivity index (χ2n) is 7.07. The molecule has 1 saturated heterocycles. The number of likely N-dealkylation sites (tertiary alicyclic amines) is 1. The van der Waals surface area contributed by atoms with Crippen molar-refractivity contribution in [3.8, 4) is 0 Å². The van der Waals surface area contributed by atoms with Crippen molar-refractivity contribution in [2.24, 2.45) is 0 Å². The molecule has 0 saturated carbocycles. The van der Waals surface area contributed by atoms with Gasteiger partial charge in [0, 0.05) is 46.8 Å². The SMILES string of the molecule is Cl.Cl.OC(CN1CCC(Nc2ccc3[nH]ncc3c2)CC1)c1ccc(Br)cc1F. The van der Waals surface area contributed by atoms with Gasteiger partial charge in [0.2, 0.25) is 0 Å². The average molecular weight is 506 g/mol. The third-order valence-corrected chi connectivity index (χ3v) is 5.64. The fraction of sp³-hybridized carbons (Fsp3) is 0.350. The number of anilines is 1. The second-order valence-corrected chi connectivity index (χ2v) is 7.99. The van der Waals surface area contributed by atoms with Gasteiger partial charge in [0.05, 0.1) is 17.8 Å². The lowest BCUT2D eigenvalue weighted by Gasteiger charge is -2.34. The van der Waals surface area contributed by atoms with Gasteiger partial charge in [0.15, 0.2) is 0 Å². The van der Waals surface area contributed by atoms with Crippen LogP contribution in [-0.4, -0.2) is 45.9 Å². The van der Waals surface area contributed by atoms with E-state index < -0.39 is 6.10 Å². The van der Waals surface area contributed by atoms with E-state index in [0.717, 1.165) is 42.5 Å². The number of H-pyrrole nitrogens is 1. The van der Waals surface area contributed by atoms with Crippen LogP contribution < -0.4 is 5.32 Å². The van der Waals surface area contributed by atoms with Crippen molar-refractivity contribution in [1.82, 2.24) is 15.1 Å². The van der Waals surface area contributed by atoms with Crippen molar-refractivity contribution in [1.29, 1.82) is 0 Å². The highest BCUT2D eigenvalue weighted by molar-refractivity contribution is 9.10. The molecule has 1 aliphatic heterocycles. The maximum atomic E-state index is 14.0. The summed E-state index contributed by atoms with van der Waals surface area (Å²) in [5.74, 6) is -0.372. The number of benzene rings is 2. The van der Waals surface area contributed by atoms with Crippen LogP contribution in [0.3, 0.4) is 0 Å². The van der Waals surface area contributed by atoms with Gasteiger partial charge in [-0.25, -0.2) is 4.39 Å². The smallest absolute Gasteiger partial charge is 0.130 e. The Balaban J connectivity index is 0.00000150. The van der Waals surface area contributed by atoms with Gasteiger partial charge in [0.25, 0.3) is 0 Å². The van der Waals surface area contributed by atoms with Crippen molar-refractivity contribution < 1.29 is 9.50 Å². The molecule has 5 nitrogen and oxygen atoms in total. The molecular formula is C20H24BrCl2FN4O. The molecule has 1 aliphatic rings. The first kappa shape index (κ1) is 23.9. The molecule has 2 aromatic carbocycles. The van der Waals surface area contributed by atoms with E-state index >= 15 is 0 Å². The molecular weight excluding hydrogens is 482 g/mol. The molecule has 158 valence electrons. The highest BCUT2D eigenvalue weighted by atomic mass is 79.9. The number of hydrogen-bond donors (Lipinski definition) is 3. The molecule has 0 radical (unpaired) electrons. The van der Waals surface area contributed by atoms with E-state index in [9.17, 15) is 9.50 Å². The van der Waals surface area contributed by atoms with Gasteiger partial charge in [0.1, 0.15) is 5.82 Å². The maximum Gasteiger partial charge on any atom is 0.130 e. The molecule has 2 heterocycles. The molecule has 29 heavy (non-hydrogen) atoms. The van der Waals surface area contributed by atoms with Crippen LogP contribution in [0.1, 0.15) is 24.5 Å².